The molecule has 0 aliphatic rings. The van der Waals surface area contributed by atoms with Gasteiger partial charge in [0, 0.05) is 0 Å². The van der Waals surface area contributed by atoms with E-state index < -0.39 is 27.3 Å². The maximum absolute atomic E-state index is 11.5. The Balaban J connectivity index is 3.00. The maximum Gasteiger partial charge on any atom is 0.318 e. The maximum atomic E-state index is 11.5. The minimum absolute atomic E-state index is 0.209. The van der Waals surface area contributed by atoms with Crippen LogP contribution in [0.5, 0.6) is 5.75 Å². The number of carboxylic acids is 1. The van der Waals surface area contributed by atoms with Gasteiger partial charge < -0.3 is 9.84 Å². The van der Waals surface area contributed by atoms with Gasteiger partial charge in [0.25, 0.3) is 0 Å². The zero-order chi connectivity index (χ0) is 13.8. The second kappa shape index (κ2) is 5.51. The van der Waals surface area contributed by atoms with E-state index in [4.69, 9.17) is 15.1 Å². The molecule has 0 radical (unpaired) electrons. The van der Waals surface area contributed by atoms with E-state index in [1.165, 1.54) is 25.3 Å². The second-order valence-corrected chi connectivity index (χ2v) is 5.64. The largest absolute Gasteiger partial charge is 0.495 e. The van der Waals surface area contributed by atoms with Crippen LogP contribution >= 0.6 is 0 Å². The predicted molar refractivity (Wildman–Crippen MR) is 62.8 cm³/mol. The van der Waals surface area contributed by atoms with E-state index in [0.717, 1.165) is 0 Å². The van der Waals surface area contributed by atoms with Crippen LogP contribution in [0.2, 0.25) is 0 Å². The number of hydrogen-bond donors (Lipinski definition) is 1. The summed E-state index contributed by atoms with van der Waals surface area (Å²) in [5.74, 6) is -2.40. The van der Waals surface area contributed by atoms with Crippen molar-refractivity contribution >= 4 is 15.8 Å². The second-order valence-electron chi connectivity index (χ2n) is 3.57. The monoisotopic (exact) mass is 269 g/mol. The molecular weight excluding hydrogens is 258 g/mol. The van der Waals surface area contributed by atoms with Gasteiger partial charge in [-0.1, -0.05) is 6.07 Å². The van der Waals surface area contributed by atoms with E-state index >= 15 is 0 Å². The highest BCUT2D eigenvalue weighted by molar-refractivity contribution is 7.91. The Morgan fingerprint density at radius 3 is 2.67 bits per heavy atom. The van der Waals surface area contributed by atoms with Crippen LogP contribution in [0.15, 0.2) is 18.2 Å². The Morgan fingerprint density at radius 2 is 2.17 bits per heavy atom. The molecule has 0 spiro atoms. The fraction of sp³-hybridized carbons (Fsp3) is 0.273. The average Bonchev–Trinajstić information content (AvgIpc) is 2.26. The molecule has 0 saturated heterocycles. The molecule has 0 amide bonds. The summed E-state index contributed by atoms with van der Waals surface area (Å²) in [7, 11) is -2.33. The highest BCUT2D eigenvalue weighted by atomic mass is 32.2. The van der Waals surface area contributed by atoms with Crippen molar-refractivity contribution in [3.05, 3.63) is 29.3 Å². The summed E-state index contributed by atoms with van der Waals surface area (Å²) in [6, 6.07) is 6.21. The number of nitrogens with zero attached hydrogens (tertiary/aromatic N) is 1. The quantitative estimate of drug-likeness (QED) is 0.837. The van der Waals surface area contributed by atoms with Crippen molar-refractivity contribution in [1.29, 1.82) is 5.26 Å². The topological polar surface area (TPSA) is 104 Å². The van der Waals surface area contributed by atoms with E-state index in [-0.39, 0.29) is 5.56 Å². The summed E-state index contributed by atoms with van der Waals surface area (Å²) in [5, 5.41) is 17.3. The summed E-state index contributed by atoms with van der Waals surface area (Å²) < 4.78 is 27.9. The normalized spacial score (nSPS) is 10.7. The van der Waals surface area contributed by atoms with Crippen molar-refractivity contribution in [2.24, 2.45) is 0 Å². The molecule has 0 atom stereocenters. The molecule has 7 heteroatoms. The molecule has 0 aliphatic heterocycles. The van der Waals surface area contributed by atoms with Crippen molar-refractivity contribution in [3.8, 4) is 11.8 Å². The molecule has 96 valence electrons. The van der Waals surface area contributed by atoms with E-state index in [1.54, 1.807) is 0 Å². The molecule has 0 unspecified atom stereocenters. The minimum atomic E-state index is -3.73. The number of benzene rings is 1. The summed E-state index contributed by atoms with van der Waals surface area (Å²) in [6.07, 6.45) is 0. The first-order valence-electron chi connectivity index (χ1n) is 4.87. The van der Waals surface area contributed by atoms with Crippen LogP contribution in [0.4, 0.5) is 0 Å². The third-order valence-corrected chi connectivity index (χ3v) is 3.57. The minimum Gasteiger partial charge on any atom is -0.495 e. The summed E-state index contributed by atoms with van der Waals surface area (Å²) in [5.41, 5.74) is 0.564. The number of ether oxygens (including phenoxy) is 1. The van der Waals surface area contributed by atoms with E-state index in [1.807, 2.05) is 6.07 Å². The Morgan fingerprint density at radius 1 is 1.50 bits per heavy atom. The fourth-order valence-electron chi connectivity index (χ4n) is 1.43. The lowest BCUT2D eigenvalue weighted by atomic mass is 10.1. The van der Waals surface area contributed by atoms with Crippen LogP contribution in [-0.4, -0.2) is 32.4 Å². The first-order chi connectivity index (χ1) is 8.38. The lowest BCUT2D eigenvalue weighted by Gasteiger charge is -2.06. The van der Waals surface area contributed by atoms with Crippen molar-refractivity contribution in [1.82, 2.24) is 0 Å². The summed E-state index contributed by atoms with van der Waals surface area (Å²) in [6.45, 7) is 0. The average molecular weight is 269 g/mol. The highest BCUT2D eigenvalue weighted by Crippen LogP contribution is 2.20. The molecule has 1 aromatic rings. The Hall–Kier alpha value is -2.07. The van der Waals surface area contributed by atoms with Gasteiger partial charge in [0.05, 0.1) is 18.4 Å². The van der Waals surface area contributed by atoms with Crippen LogP contribution in [0, 0.1) is 11.3 Å². The van der Waals surface area contributed by atoms with Gasteiger partial charge >= 0.3 is 5.97 Å². The van der Waals surface area contributed by atoms with Gasteiger partial charge in [0.2, 0.25) is 0 Å². The molecule has 1 N–H and O–H groups in total. The van der Waals surface area contributed by atoms with Crippen LogP contribution in [-0.2, 0) is 20.4 Å². The molecular formula is C11H11NO5S. The molecule has 0 aliphatic carbocycles. The fourth-order valence-corrected chi connectivity index (χ4v) is 2.59. The van der Waals surface area contributed by atoms with Crippen molar-refractivity contribution in [3.63, 3.8) is 0 Å². The molecule has 0 aromatic heterocycles. The molecule has 0 fully saturated rings. The lowest BCUT2D eigenvalue weighted by Crippen LogP contribution is -2.17. The van der Waals surface area contributed by atoms with Gasteiger partial charge in [-0.15, -0.1) is 0 Å². The number of methoxy groups -OCH3 is 1. The number of carbonyl (C=O) groups is 1. The molecule has 1 aromatic carbocycles. The third-order valence-electron chi connectivity index (χ3n) is 2.11. The van der Waals surface area contributed by atoms with Gasteiger partial charge in [-0.2, -0.15) is 5.26 Å². The molecule has 0 heterocycles. The first-order valence-corrected chi connectivity index (χ1v) is 6.69. The predicted octanol–water partition coefficient (Wildman–Crippen LogP) is 0.566. The molecule has 1 rings (SSSR count). The SMILES string of the molecule is COc1ccc(CS(=O)(=O)CC(=O)O)cc1C#N. The Bertz CT molecular complexity index is 600. The third kappa shape index (κ3) is 3.75. The lowest BCUT2D eigenvalue weighted by molar-refractivity contribution is -0.134. The first kappa shape index (κ1) is 14.0. The zero-order valence-corrected chi connectivity index (χ0v) is 10.4. The van der Waals surface area contributed by atoms with Crippen LogP contribution in [0.25, 0.3) is 0 Å². The van der Waals surface area contributed by atoms with Crippen LogP contribution < -0.4 is 4.74 Å². The number of rotatable bonds is 5. The van der Waals surface area contributed by atoms with Crippen molar-refractivity contribution < 1.29 is 23.1 Å². The van der Waals surface area contributed by atoms with Crippen molar-refractivity contribution in [2.45, 2.75) is 5.75 Å². The molecule has 0 saturated carbocycles. The number of carboxylic acid groups (broad SMARTS) is 1. The Labute approximate surface area is 104 Å². The van der Waals surface area contributed by atoms with Crippen molar-refractivity contribution in [2.75, 3.05) is 12.9 Å². The molecule has 0 bridgehead atoms. The number of sulfone groups is 1. The van der Waals surface area contributed by atoms with Gasteiger partial charge in [-0.25, -0.2) is 8.42 Å². The molecule has 6 nitrogen and oxygen atoms in total. The van der Waals surface area contributed by atoms with Gasteiger partial charge in [0.1, 0.15) is 17.6 Å². The van der Waals surface area contributed by atoms with E-state index in [9.17, 15) is 13.2 Å². The van der Waals surface area contributed by atoms with Gasteiger partial charge in [-0.3, -0.25) is 4.79 Å². The standard InChI is InChI=1S/C11H11NO5S/c1-17-10-3-2-8(4-9(10)5-12)6-18(15,16)7-11(13)14/h2-4H,6-7H2,1H3,(H,13,14). The van der Waals surface area contributed by atoms with Crippen LogP contribution in [0.3, 0.4) is 0 Å². The van der Waals surface area contributed by atoms with Gasteiger partial charge in [-0.05, 0) is 17.7 Å². The zero-order valence-electron chi connectivity index (χ0n) is 9.58. The number of aliphatic carboxylic acids is 1. The van der Waals surface area contributed by atoms with Crippen LogP contribution in [0.1, 0.15) is 11.1 Å². The number of hydrogen-bond acceptors (Lipinski definition) is 5. The highest BCUT2D eigenvalue weighted by Gasteiger charge is 2.17. The van der Waals surface area contributed by atoms with E-state index in [2.05, 4.69) is 0 Å². The Kier molecular flexibility index (Phi) is 4.28. The smallest absolute Gasteiger partial charge is 0.318 e. The molecule has 18 heavy (non-hydrogen) atoms. The van der Waals surface area contributed by atoms with Gasteiger partial charge in [0.15, 0.2) is 9.84 Å². The summed E-state index contributed by atoms with van der Waals surface area (Å²) in [4.78, 5) is 10.4. The number of nitriles is 1. The van der Waals surface area contributed by atoms with E-state index in [0.29, 0.717) is 11.3 Å². The summed E-state index contributed by atoms with van der Waals surface area (Å²) >= 11 is 0.